The molecular formula is C20H42N2O2. The van der Waals surface area contributed by atoms with Gasteiger partial charge in [0.2, 0.25) is 5.91 Å². The van der Waals surface area contributed by atoms with Crippen LogP contribution in [0.25, 0.3) is 0 Å². The molecule has 0 saturated carbocycles. The molecule has 1 unspecified atom stereocenters. The highest BCUT2D eigenvalue weighted by atomic mass is 16.5. The van der Waals surface area contributed by atoms with E-state index in [1.165, 1.54) is 51.4 Å². The number of hydrogen-bond acceptors (Lipinski definition) is 3. The Balaban J connectivity index is 3.32. The minimum Gasteiger partial charge on any atom is -0.382 e. The second-order valence-corrected chi connectivity index (χ2v) is 6.73. The van der Waals surface area contributed by atoms with Crippen LogP contribution in [0.3, 0.4) is 0 Å². The molecule has 0 rings (SSSR count). The molecule has 1 amide bonds. The zero-order chi connectivity index (χ0) is 17.9. The van der Waals surface area contributed by atoms with Gasteiger partial charge in [0.25, 0.3) is 0 Å². The Morgan fingerprint density at radius 3 is 2.12 bits per heavy atom. The molecule has 0 radical (unpaired) electrons. The van der Waals surface area contributed by atoms with Gasteiger partial charge in [0.1, 0.15) is 0 Å². The van der Waals surface area contributed by atoms with Crippen LogP contribution in [0.5, 0.6) is 0 Å². The molecule has 0 aromatic heterocycles. The van der Waals surface area contributed by atoms with Crippen LogP contribution in [0.4, 0.5) is 0 Å². The summed E-state index contributed by atoms with van der Waals surface area (Å²) in [5.41, 5.74) is 0. The van der Waals surface area contributed by atoms with E-state index in [1.807, 2.05) is 13.8 Å². The Bertz CT molecular complexity index is 272. The van der Waals surface area contributed by atoms with E-state index >= 15 is 0 Å². The summed E-state index contributed by atoms with van der Waals surface area (Å²) in [5, 5.41) is 6.36. The number of carbonyl (C=O) groups is 1. The number of amides is 1. The summed E-state index contributed by atoms with van der Waals surface area (Å²) in [4.78, 5) is 11.9. The second kappa shape index (κ2) is 18.7. The fraction of sp³-hybridized carbons (Fsp3) is 0.950. The maximum Gasteiger partial charge on any atom is 0.221 e. The number of rotatable bonds is 18. The molecule has 2 N–H and O–H groups in total. The molecule has 0 aromatic carbocycles. The van der Waals surface area contributed by atoms with Crippen LogP contribution >= 0.6 is 0 Å². The molecule has 0 heterocycles. The highest BCUT2D eigenvalue weighted by molar-refractivity contribution is 5.76. The van der Waals surface area contributed by atoms with Gasteiger partial charge < -0.3 is 10.1 Å². The third-order valence-electron chi connectivity index (χ3n) is 4.25. The van der Waals surface area contributed by atoms with Crippen molar-refractivity contribution in [3.8, 4) is 0 Å². The zero-order valence-electron chi connectivity index (χ0n) is 16.5. The van der Waals surface area contributed by atoms with Crippen molar-refractivity contribution in [3.63, 3.8) is 0 Å². The average Bonchev–Trinajstić information content (AvgIpc) is 2.56. The number of nitrogens with one attached hydrogen (secondary N) is 2. The lowest BCUT2D eigenvalue weighted by atomic mass is 10.1. The van der Waals surface area contributed by atoms with Gasteiger partial charge in [0, 0.05) is 19.6 Å². The first-order valence-electron chi connectivity index (χ1n) is 10.3. The van der Waals surface area contributed by atoms with Crippen molar-refractivity contribution in [2.45, 2.75) is 104 Å². The van der Waals surface area contributed by atoms with Crippen molar-refractivity contribution in [3.05, 3.63) is 0 Å². The Morgan fingerprint density at radius 2 is 1.50 bits per heavy atom. The second-order valence-electron chi connectivity index (χ2n) is 6.73. The normalized spacial score (nSPS) is 12.3. The van der Waals surface area contributed by atoms with E-state index in [2.05, 4.69) is 17.6 Å². The highest BCUT2D eigenvalue weighted by Crippen LogP contribution is 2.10. The van der Waals surface area contributed by atoms with Crippen LogP contribution in [0.1, 0.15) is 97.8 Å². The van der Waals surface area contributed by atoms with Gasteiger partial charge in [-0.15, -0.1) is 0 Å². The molecule has 4 nitrogen and oxygen atoms in total. The highest BCUT2D eigenvalue weighted by Gasteiger charge is 2.06. The van der Waals surface area contributed by atoms with E-state index in [4.69, 9.17) is 4.74 Å². The van der Waals surface area contributed by atoms with Gasteiger partial charge in [-0.1, -0.05) is 58.3 Å². The van der Waals surface area contributed by atoms with Crippen LogP contribution in [0.2, 0.25) is 0 Å². The number of ether oxygens (including phenoxy) is 1. The van der Waals surface area contributed by atoms with Crippen molar-refractivity contribution in [2.75, 3.05) is 19.8 Å². The smallest absolute Gasteiger partial charge is 0.221 e. The standard InChI is InChI=1S/C20H42N2O2/c1-4-6-7-8-9-10-11-12-13-16-20(23)22-19(3)21-17-14-15-18-24-5-2/h19,21H,4-18H2,1-3H3,(H,22,23). The first-order valence-corrected chi connectivity index (χ1v) is 10.3. The van der Waals surface area contributed by atoms with Gasteiger partial charge in [-0.2, -0.15) is 0 Å². The SMILES string of the molecule is CCCCCCCCCCCC(=O)NC(C)NCCCCOCC. The molecule has 144 valence electrons. The zero-order valence-corrected chi connectivity index (χ0v) is 16.5. The lowest BCUT2D eigenvalue weighted by Gasteiger charge is -2.15. The van der Waals surface area contributed by atoms with E-state index in [9.17, 15) is 4.79 Å². The van der Waals surface area contributed by atoms with Crippen molar-refractivity contribution >= 4 is 5.91 Å². The topological polar surface area (TPSA) is 50.4 Å². The van der Waals surface area contributed by atoms with Gasteiger partial charge in [-0.3, -0.25) is 10.1 Å². The summed E-state index contributed by atoms with van der Waals surface area (Å²) in [6.07, 6.45) is 14.5. The van der Waals surface area contributed by atoms with Gasteiger partial charge in [0.15, 0.2) is 0 Å². The number of hydrogen-bond donors (Lipinski definition) is 2. The van der Waals surface area contributed by atoms with Gasteiger partial charge in [-0.05, 0) is 39.7 Å². The van der Waals surface area contributed by atoms with Crippen LogP contribution in [-0.4, -0.2) is 31.8 Å². The lowest BCUT2D eigenvalue weighted by Crippen LogP contribution is -2.43. The minimum atomic E-state index is 0.0585. The largest absolute Gasteiger partial charge is 0.382 e. The first kappa shape index (κ1) is 23.4. The first-order chi connectivity index (χ1) is 11.7. The van der Waals surface area contributed by atoms with E-state index in [1.54, 1.807) is 0 Å². The molecule has 0 aliphatic heterocycles. The Labute approximate surface area is 150 Å². The predicted octanol–water partition coefficient (Wildman–Crippen LogP) is 4.78. The molecule has 0 bridgehead atoms. The lowest BCUT2D eigenvalue weighted by molar-refractivity contribution is -0.122. The van der Waals surface area contributed by atoms with Crippen LogP contribution in [0.15, 0.2) is 0 Å². The quantitative estimate of drug-likeness (QED) is 0.278. The van der Waals surface area contributed by atoms with Crippen LogP contribution < -0.4 is 10.6 Å². The maximum absolute atomic E-state index is 11.9. The summed E-state index contributed by atoms with van der Waals surface area (Å²) in [5.74, 6) is 0.173. The summed E-state index contributed by atoms with van der Waals surface area (Å²) in [6, 6.07) is 0. The van der Waals surface area contributed by atoms with E-state index in [-0.39, 0.29) is 12.1 Å². The molecule has 0 aromatic rings. The van der Waals surface area contributed by atoms with Crippen molar-refractivity contribution in [1.29, 1.82) is 0 Å². The molecule has 0 fully saturated rings. The monoisotopic (exact) mass is 342 g/mol. The Kier molecular flexibility index (Phi) is 18.2. The van der Waals surface area contributed by atoms with Gasteiger partial charge >= 0.3 is 0 Å². The molecule has 4 heteroatoms. The van der Waals surface area contributed by atoms with E-state index in [0.717, 1.165) is 39.0 Å². The molecule has 0 aliphatic carbocycles. The Hall–Kier alpha value is -0.610. The molecular weight excluding hydrogens is 300 g/mol. The predicted molar refractivity (Wildman–Crippen MR) is 103 cm³/mol. The summed E-state index contributed by atoms with van der Waals surface area (Å²) in [7, 11) is 0. The maximum atomic E-state index is 11.9. The summed E-state index contributed by atoms with van der Waals surface area (Å²) >= 11 is 0. The molecule has 24 heavy (non-hydrogen) atoms. The number of carbonyl (C=O) groups excluding carboxylic acids is 1. The van der Waals surface area contributed by atoms with Crippen molar-refractivity contribution in [2.24, 2.45) is 0 Å². The van der Waals surface area contributed by atoms with E-state index < -0.39 is 0 Å². The molecule has 0 spiro atoms. The van der Waals surface area contributed by atoms with E-state index in [0.29, 0.717) is 6.42 Å². The Morgan fingerprint density at radius 1 is 0.875 bits per heavy atom. The van der Waals surface area contributed by atoms with Gasteiger partial charge in [-0.25, -0.2) is 0 Å². The van der Waals surface area contributed by atoms with Crippen molar-refractivity contribution < 1.29 is 9.53 Å². The molecule has 0 aliphatic rings. The molecule has 0 saturated heterocycles. The summed E-state index contributed by atoms with van der Waals surface area (Å²) in [6.45, 7) is 8.83. The van der Waals surface area contributed by atoms with Gasteiger partial charge in [0.05, 0.1) is 6.17 Å². The average molecular weight is 343 g/mol. The minimum absolute atomic E-state index is 0.0585. The fourth-order valence-electron chi connectivity index (χ4n) is 2.75. The summed E-state index contributed by atoms with van der Waals surface area (Å²) < 4.78 is 5.30. The molecule has 1 atom stereocenters. The third kappa shape index (κ3) is 17.7. The van der Waals surface area contributed by atoms with Crippen molar-refractivity contribution in [1.82, 2.24) is 10.6 Å². The number of unbranched alkanes of at least 4 members (excludes halogenated alkanes) is 9. The fourth-order valence-corrected chi connectivity index (χ4v) is 2.75. The van der Waals surface area contributed by atoms with Crippen LogP contribution in [0, 0.1) is 0 Å². The third-order valence-corrected chi connectivity index (χ3v) is 4.25. The van der Waals surface area contributed by atoms with Crippen LogP contribution in [-0.2, 0) is 9.53 Å².